The van der Waals surface area contributed by atoms with Gasteiger partial charge in [-0.15, -0.1) is 0 Å². The molecule has 0 saturated carbocycles. The van der Waals surface area contributed by atoms with Crippen LogP contribution in [0.5, 0.6) is 0 Å². The van der Waals surface area contributed by atoms with Crippen molar-refractivity contribution < 1.29 is 4.74 Å². The highest BCUT2D eigenvalue weighted by molar-refractivity contribution is 5.14. The lowest BCUT2D eigenvalue weighted by molar-refractivity contribution is 0.0258. The molecule has 1 aromatic rings. The predicted octanol–water partition coefficient (Wildman–Crippen LogP) is 4.19. The fraction of sp³-hybridized carbons (Fsp3) is 0.667. The molecular weight excluding hydrogens is 246 g/mol. The Morgan fingerprint density at radius 3 is 2.40 bits per heavy atom. The number of likely N-dealkylation sites (N-methyl/N-ethyl adjacent to an activating group) is 1. The van der Waals surface area contributed by atoms with Crippen molar-refractivity contribution in [2.75, 3.05) is 13.2 Å². The molecule has 2 unspecified atom stereocenters. The van der Waals surface area contributed by atoms with Crippen LogP contribution in [0.4, 0.5) is 0 Å². The summed E-state index contributed by atoms with van der Waals surface area (Å²) in [7, 11) is 0. The third-order valence-electron chi connectivity index (χ3n) is 3.69. The Hall–Kier alpha value is -0.860. The van der Waals surface area contributed by atoms with Crippen molar-refractivity contribution in [1.82, 2.24) is 5.32 Å². The molecule has 0 aliphatic carbocycles. The minimum Gasteiger partial charge on any atom is -0.377 e. The van der Waals surface area contributed by atoms with Crippen molar-refractivity contribution >= 4 is 0 Å². The molecule has 0 aliphatic rings. The molecule has 1 aromatic carbocycles. The Kier molecular flexibility index (Phi) is 9.35. The van der Waals surface area contributed by atoms with Gasteiger partial charge in [-0.25, -0.2) is 0 Å². The largest absolute Gasteiger partial charge is 0.377 e. The van der Waals surface area contributed by atoms with E-state index in [9.17, 15) is 0 Å². The number of nitrogens with one attached hydrogen (secondary N) is 1. The summed E-state index contributed by atoms with van der Waals surface area (Å²) >= 11 is 0. The number of aryl methyl sites for hydroxylation is 1. The third kappa shape index (κ3) is 6.53. The van der Waals surface area contributed by atoms with E-state index in [4.69, 9.17) is 4.74 Å². The van der Waals surface area contributed by atoms with Crippen LogP contribution in [0.3, 0.4) is 0 Å². The quantitative estimate of drug-likeness (QED) is 0.655. The van der Waals surface area contributed by atoms with Crippen molar-refractivity contribution in [1.29, 1.82) is 0 Å². The number of rotatable bonds is 11. The van der Waals surface area contributed by atoms with Gasteiger partial charge in [0.1, 0.15) is 0 Å². The van der Waals surface area contributed by atoms with Crippen LogP contribution in [0, 0.1) is 0 Å². The monoisotopic (exact) mass is 277 g/mol. The van der Waals surface area contributed by atoms with Crippen LogP contribution in [-0.2, 0) is 11.2 Å². The maximum atomic E-state index is 5.94. The molecular formula is C18H31NO. The molecule has 0 saturated heterocycles. The van der Waals surface area contributed by atoms with E-state index >= 15 is 0 Å². The van der Waals surface area contributed by atoms with E-state index < -0.39 is 0 Å². The summed E-state index contributed by atoms with van der Waals surface area (Å²) in [4.78, 5) is 0. The Morgan fingerprint density at radius 2 is 1.80 bits per heavy atom. The molecule has 0 aliphatic heterocycles. The average Bonchev–Trinajstić information content (AvgIpc) is 2.47. The highest BCUT2D eigenvalue weighted by Crippen LogP contribution is 2.14. The second-order valence-electron chi connectivity index (χ2n) is 5.32. The summed E-state index contributed by atoms with van der Waals surface area (Å²) in [5.74, 6) is 0. The Morgan fingerprint density at radius 1 is 1.05 bits per heavy atom. The first-order valence-electron chi connectivity index (χ1n) is 8.20. The highest BCUT2D eigenvalue weighted by atomic mass is 16.5. The van der Waals surface area contributed by atoms with Crippen LogP contribution >= 0.6 is 0 Å². The first kappa shape index (κ1) is 17.2. The highest BCUT2D eigenvalue weighted by Gasteiger charge is 2.19. The van der Waals surface area contributed by atoms with Crippen LogP contribution < -0.4 is 5.32 Å². The van der Waals surface area contributed by atoms with Crippen molar-refractivity contribution in [3.8, 4) is 0 Å². The summed E-state index contributed by atoms with van der Waals surface area (Å²) in [6, 6.07) is 11.2. The van der Waals surface area contributed by atoms with Gasteiger partial charge in [-0.2, -0.15) is 0 Å². The molecule has 2 nitrogen and oxygen atoms in total. The lowest BCUT2D eigenvalue weighted by Gasteiger charge is -2.27. The molecule has 2 heteroatoms. The number of benzene rings is 1. The van der Waals surface area contributed by atoms with Gasteiger partial charge in [0, 0.05) is 12.6 Å². The van der Waals surface area contributed by atoms with Crippen molar-refractivity contribution in [3.05, 3.63) is 35.9 Å². The summed E-state index contributed by atoms with van der Waals surface area (Å²) in [6.07, 6.45) is 6.26. The molecule has 0 amide bonds. The van der Waals surface area contributed by atoms with Crippen molar-refractivity contribution in [2.24, 2.45) is 0 Å². The van der Waals surface area contributed by atoms with Gasteiger partial charge in [0.2, 0.25) is 0 Å². The minimum atomic E-state index is 0.362. The van der Waals surface area contributed by atoms with Gasteiger partial charge in [-0.1, -0.05) is 50.6 Å². The summed E-state index contributed by atoms with van der Waals surface area (Å²) in [5, 5.41) is 3.61. The minimum absolute atomic E-state index is 0.362. The van der Waals surface area contributed by atoms with E-state index in [1.165, 1.54) is 24.8 Å². The smallest absolute Gasteiger partial charge is 0.0727 e. The first-order valence-corrected chi connectivity index (χ1v) is 8.20. The lowest BCUT2D eigenvalue weighted by atomic mass is 9.98. The molecule has 114 valence electrons. The SMILES string of the molecule is CCCC(OCC)C(CCCc1ccccc1)NCC. The molecule has 0 radical (unpaired) electrons. The molecule has 0 aromatic heterocycles. The van der Waals surface area contributed by atoms with E-state index in [2.05, 4.69) is 56.4 Å². The van der Waals surface area contributed by atoms with Gasteiger partial charge < -0.3 is 10.1 Å². The lowest BCUT2D eigenvalue weighted by Crippen LogP contribution is -2.41. The van der Waals surface area contributed by atoms with Gasteiger partial charge in [-0.05, 0) is 44.7 Å². The molecule has 2 atom stereocenters. The molecule has 20 heavy (non-hydrogen) atoms. The Labute approximate surface area is 124 Å². The number of hydrogen-bond donors (Lipinski definition) is 1. The summed E-state index contributed by atoms with van der Waals surface area (Å²) in [5.41, 5.74) is 1.44. The fourth-order valence-electron chi connectivity index (χ4n) is 2.75. The van der Waals surface area contributed by atoms with Gasteiger partial charge >= 0.3 is 0 Å². The van der Waals surface area contributed by atoms with Crippen LogP contribution in [0.2, 0.25) is 0 Å². The second kappa shape index (κ2) is 10.9. The van der Waals surface area contributed by atoms with E-state index in [1.54, 1.807) is 0 Å². The number of ether oxygens (including phenoxy) is 1. The second-order valence-corrected chi connectivity index (χ2v) is 5.32. The van der Waals surface area contributed by atoms with E-state index in [-0.39, 0.29) is 0 Å². The van der Waals surface area contributed by atoms with Crippen molar-refractivity contribution in [2.45, 2.75) is 65.0 Å². The zero-order chi connectivity index (χ0) is 14.6. The van der Waals surface area contributed by atoms with E-state index in [0.29, 0.717) is 12.1 Å². The van der Waals surface area contributed by atoms with Gasteiger partial charge in [0.05, 0.1) is 6.10 Å². The van der Waals surface area contributed by atoms with Crippen LogP contribution in [0.15, 0.2) is 30.3 Å². The summed E-state index contributed by atoms with van der Waals surface area (Å²) < 4.78 is 5.94. The predicted molar refractivity (Wildman–Crippen MR) is 87.2 cm³/mol. The van der Waals surface area contributed by atoms with Gasteiger partial charge in [0.15, 0.2) is 0 Å². The zero-order valence-electron chi connectivity index (χ0n) is 13.4. The maximum Gasteiger partial charge on any atom is 0.0727 e. The standard InChI is InChI=1S/C18H31NO/c1-4-11-18(20-6-3)17(19-5-2)15-10-14-16-12-8-7-9-13-16/h7-9,12-13,17-19H,4-6,10-11,14-15H2,1-3H3. The molecule has 1 N–H and O–H groups in total. The molecule has 0 fully saturated rings. The fourth-order valence-corrected chi connectivity index (χ4v) is 2.75. The van der Waals surface area contributed by atoms with Crippen LogP contribution in [0.25, 0.3) is 0 Å². The summed E-state index contributed by atoms with van der Waals surface area (Å²) in [6.45, 7) is 8.34. The number of hydrogen-bond acceptors (Lipinski definition) is 2. The normalized spacial score (nSPS) is 14.2. The molecule has 0 spiro atoms. The molecule has 0 bridgehead atoms. The Balaban J connectivity index is 2.44. The van der Waals surface area contributed by atoms with Crippen molar-refractivity contribution in [3.63, 3.8) is 0 Å². The topological polar surface area (TPSA) is 21.3 Å². The average molecular weight is 277 g/mol. The van der Waals surface area contributed by atoms with Crippen LogP contribution in [-0.4, -0.2) is 25.3 Å². The molecule has 1 rings (SSSR count). The third-order valence-corrected chi connectivity index (χ3v) is 3.69. The van der Waals surface area contributed by atoms with Gasteiger partial charge in [0.25, 0.3) is 0 Å². The first-order chi connectivity index (χ1) is 9.81. The zero-order valence-corrected chi connectivity index (χ0v) is 13.4. The van der Waals surface area contributed by atoms with E-state index in [0.717, 1.165) is 26.0 Å². The Bertz CT molecular complexity index is 319. The van der Waals surface area contributed by atoms with Crippen LogP contribution in [0.1, 0.15) is 52.0 Å². The van der Waals surface area contributed by atoms with Gasteiger partial charge in [-0.3, -0.25) is 0 Å². The molecule has 0 heterocycles. The van der Waals surface area contributed by atoms with E-state index in [1.807, 2.05) is 0 Å². The maximum absolute atomic E-state index is 5.94.